The van der Waals surface area contributed by atoms with Gasteiger partial charge >= 0.3 is 0 Å². The molecule has 1 aromatic carbocycles. The Labute approximate surface area is 122 Å². The highest BCUT2D eigenvalue weighted by Crippen LogP contribution is 2.43. The highest BCUT2D eigenvalue weighted by atomic mass is 16.5. The maximum Gasteiger partial charge on any atom is 0.124 e. The fraction of sp³-hybridized carbons (Fsp3) is 0.647. The zero-order valence-corrected chi connectivity index (χ0v) is 12.6. The molecule has 1 fully saturated rings. The third-order valence-corrected chi connectivity index (χ3v) is 4.90. The van der Waals surface area contributed by atoms with E-state index in [1.54, 1.807) is 0 Å². The van der Waals surface area contributed by atoms with Crippen molar-refractivity contribution in [1.82, 2.24) is 4.90 Å². The van der Waals surface area contributed by atoms with Crippen molar-refractivity contribution < 1.29 is 4.74 Å². The van der Waals surface area contributed by atoms with Crippen LogP contribution in [0.4, 0.5) is 0 Å². The third kappa shape index (κ3) is 2.57. The molecule has 0 amide bonds. The zero-order chi connectivity index (χ0) is 14.2. The van der Waals surface area contributed by atoms with Crippen molar-refractivity contribution in [2.75, 3.05) is 13.1 Å². The SMILES string of the molecule is CC(C)N1CCCC2(CC1)C[C@@H](N)c1ccccc1O2. The molecule has 3 rings (SSSR count). The smallest absolute Gasteiger partial charge is 0.124 e. The summed E-state index contributed by atoms with van der Waals surface area (Å²) >= 11 is 0. The number of hydrogen-bond acceptors (Lipinski definition) is 3. The lowest BCUT2D eigenvalue weighted by Gasteiger charge is -2.41. The lowest BCUT2D eigenvalue weighted by Crippen LogP contribution is -2.44. The van der Waals surface area contributed by atoms with Crippen molar-refractivity contribution in [2.24, 2.45) is 5.73 Å². The predicted molar refractivity (Wildman–Crippen MR) is 81.9 cm³/mol. The lowest BCUT2D eigenvalue weighted by atomic mass is 9.82. The van der Waals surface area contributed by atoms with E-state index in [-0.39, 0.29) is 11.6 Å². The molecule has 1 unspecified atom stereocenters. The van der Waals surface area contributed by atoms with Gasteiger partial charge in [-0.1, -0.05) is 18.2 Å². The van der Waals surface area contributed by atoms with Crippen molar-refractivity contribution in [2.45, 2.75) is 57.2 Å². The number of ether oxygens (including phenoxy) is 1. The van der Waals surface area contributed by atoms with Crippen LogP contribution in [0.5, 0.6) is 5.75 Å². The van der Waals surface area contributed by atoms with E-state index in [0.29, 0.717) is 6.04 Å². The fourth-order valence-electron chi connectivity index (χ4n) is 3.68. The molecule has 20 heavy (non-hydrogen) atoms. The standard InChI is InChI=1S/C17H26N2O/c1-13(2)19-10-5-8-17(9-11-19)12-15(18)14-6-3-4-7-16(14)20-17/h3-4,6-7,13,15H,5,8-12,18H2,1-2H3/t15-,17?/m1/s1. The maximum absolute atomic E-state index is 6.43. The van der Waals surface area contributed by atoms with Crippen LogP contribution < -0.4 is 10.5 Å². The molecule has 0 aliphatic carbocycles. The molecule has 0 saturated carbocycles. The number of benzene rings is 1. The van der Waals surface area contributed by atoms with Crippen LogP contribution in [0.1, 0.15) is 51.1 Å². The van der Waals surface area contributed by atoms with Gasteiger partial charge in [0.15, 0.2) is 0 Å². The van der Waals surface area contributed by atoms with E-state index in [2.05, 4.69) is 30.9 Å². The van der Waals surface area contributed by atoms with Crippen molar-refractivity contribution in [3.63, 3.8) is 0 Å². The average Bonchev–Trinajstić information content (AvgIpc) is 2.62. The Morgan fingerprint density at radius 3 is 2.85 bits per heavy atom. The van der Waals surface area contributed by atoms with Crippen molar-refractivity contribution in [1.29, 1.82) is 0 Å². The van der Waals surface area contributed by atoms with E-state index >= 15 is 0 Å². The summed E-state index contributed by atoms with van der Waals surface area (Å²) in [6.45, 7) is 6.85. The molecule has 2 N–H and O–H groups in total. The van der Waals surface area contributed by atoms with Crippen LogP contribution in [-0.2, 0) is 0 Å². The number of likely N-dealkylation sites (tertiary alicyclic amines) is 1. The molecule has 2 atom stereocenters. The zero-order valence-electron chi connectivity index (χ0n) is 12.6. The monoisotopic (exact) mass is 274 g/mol. The summed E-state index contributed by atoms with van der Waals surface area (Å²) in [5.41, 5.74) is 7.53. The topological polar surface area (TPSA) is 38.5 Å². The Morgan fingerprint density at radius 2 is 2.05 bits per heavy atom. The summed E-state index contributed by atoms with van der Waals surface area (Å²) in [5.74, 6) is 1.00. The molecule has 2 aliphatic heterocycles. The molecule has 2 heterocycles. The second-order valence-corrected chi connectivity index (χ2v) is 6.62. The summed E-state index contributed by atoms with van der Waals surface area (Å²) < 4.78 is 6.43. The molecule has 0 radical (unpaired) electrons. The first-order chi connectivity index (χ1) is 9.60. The molecular weight excluding hydrogens is 248 g/mol. The first-order valence-corrected chi connectivity index (χ1v) is 7.87. The van der Waals surface area contributed by atoms with E-state index in [0.717, 1.165) is 31.6 Å². The number of para-hydroxylation sites is 1. The molecule has 3 nitrogen and oxygen atoms in total. The van der Waals surface area contributed by atoms with Crippen molar-refractivity contribution >= 4 is 0 Å². The van der Waals surface area contributed by atoms with Gasteiger partial charge in [-0.25, -0.2) is 0 Å². The van der Waals surface area contributed by atoms with E-state index in [1.807, 2.05) is 12.1 Å². The van der Waals surface area contributed by atoms with Crippen molar-refractivity contribution in [3.8, 4) is 5.75 Å². The molecule has 1 aromatic rings. The Hall–Kier alpha value is -1.06. The predicted octanol–water partition coefficient (Wildman–Crippen LogP) is 3.10. The second kappa shape index (κ2) is 5.38. The largest absolute Gasteiger partial charge is 0.487 e. The molecule has 3 heteroatoms. The summed E-state index contributed by atoms with van der Waals surface area (Å²) in [4.78, 5) is 2.56. The van der Waals surface area contributed by atoms with Gasteiger partial charge in [-0.3, -0.25) is 0 Å². The number of fused-ring (bicyclic) bond motifs is 1. The van der Waals surface area contributed by atoms with E-state index in [4.69, 9.17) is 10.5 Å². The summed E-state index contributed by atoms with van der Waals surface area (Å²) in [5, 5.41) is 0. The van der Waals surface area contributed by atoms with Crippen LogP contribution in [0, 0.1) is 0 Å². The van der Waals surface area contributed by atoms with Crippen LogP contribution in [0.2, 0.25) is 0 Å². The van der Waals surface area contributed by atoms with Crippen LogP contribution in [0.3, 0.4) is 0 Å². The summed E-state index contributed by atoms with van der Waals surface area (Å²) in [6.07, 6.45) is 4.37. The number of rotatable bonds is 1. The van der Waals surface area contributed by atoms with Crippen LogP contribution in [-0.4, -0.2) is 29.6 Å². The van der Waals surface area contributed by atoms with E-state index < -0.39 is 0 Å². The maximum atomic E-state index is 6.43. The Bertz CT molecular complexity index is 474. The van der Waals surface area contributed by atoms with Crippen LogP contribution in [0.15, 0.2) is 24.3 Å². The first-order valence-electron chi connectivity index (χ1n) is 7.87. The summed E-state index contributed by atoms with van der Waals surface area (Å²) in [7, 11) is 0. The Kier molecular flexibility index (Phi) is 3.74. The normalized spacial score (nSPS) is 30.9. The molecule has 0 bridgehead atoms. The van der Waals surface area contributed by atoms with Gasteiger partial charge in [0.2, 0.25) is 0 Å². The number of nitrogens with zero attached hydrogens (tertiary/aromatic N) is 1. The first kappa shape index (κ1) is 13.9. The van der Waals surface area contributed by atoms with E-state index in [9.17, 15) is 0 Å². The van der Waals surface area contributed by atoms with Gasteiger partial charge in [-0.05, 0) is 45.7 Å². The van der Waals surface area contributed by atoms with Crippen molar-refractivity contribution in [3.05, 3.63) is 29.8 Å². The Morgan fingerprint density at radius 1 is 1.25 bits per heavy atom. The third-order valence-electron chi connectivity index (χ3n) is 4.90. The van der Waals surface area contributed by atoms with Gasteiger partial charge in [0.05, 0.1) is 0 Å². The van der Waals surface area contributed by atoms with Gasteiger partial charge in [-0.2, -0.15) is 0 Å². The lowest BCUT2D eigenvalue weighted by molar-refractivity contribution is 0.0210. The number of nitrogens with two attached hydrogens (primary N) is 1. The molecule has 1 saturated heterocycles. The van der Waals surface area contributed by atoms with Gasteiger partial charge in [0, 0.05) is 30.6 Å². The molecule has 110 valence electrons. The minimum Gasteiger partial charge on any atom is -0.487 e. The van der Waals surface area contributed by atoms with E-state index in [1.165, 1.54) is 18.5 Å². The summed E-state index contributed by atoms with van der Waals surface area (Å²) in [6, 6.07) is 9.00. The van der Waals surface area contributed by atoms with Gasteiger partial charge in [-0.15, -0.1) is 0 Å². The number of hydrogen-bond donors (Lipinski definition) is 1. The quantitative estimate of drug-likeness (QED) is 0.855. The molecule has 1 spiro atoms. The highest BCUT2D eigenvalue weighted by molar-refractivity contribution is 5.38. The van der Waals surface area contributed by atoms with Gasteiger partial charge < -0.3 is 15.4 Å². The molecular formula is C17H26N2O. The Balaban J connectivity index is 1.81. The fourth-order valence-corrected chi connectivity index (χ4v) is 3.68. The molecule has 2 aliphatic rings. The average molecular weight is 274 g/mol. The van der Waals surface area contributed by atoms with Crippen LogP contribution >= 0.6 is 0 Å². The highest BCUT2D eigenvalue weighted by Gasteiger charge is 2.40. The van der Waals surface area contributed by atoms with Gasteiger partial charge in [0.1, 0.15) is 11.4 Å². The van der Waals surface area contributed by atoms with Gasteiger partial charge in [0.25, 0.3) is 0 Å². The minimum atomic E-state index is -0.0442. The minimum absolute atomic E-state index is 0.0442. The second-order valence-electron chi connectivity index (χ2n) is 6.62. The molecule has 0 aromatic heterocycles. The van der Waals surface area contributed by atoms with Crippen LogP contribution in [0.25, 0.3) is 0 Å².